The first-order valence-electron chi connectivity index (χ1n) is 9.44. The molecule has 0 amide bonds. The number of aromatic amines is 2. The highest BCUT2D eigenvalue weighted by Gasteiger charge is 2.26. The van der Waals surface area contributed by atoms with Crippen LogP contribution in [0.2, 0.25) is 0 Å². The lowest BCUT2D eigenvalue weighted by Gasteiger charge is -2.27. The van der Waals surface area contributed by atoms with Gasteiger partial charge in [-0.15, -0.1) is 0 Å². The molecule has 3 aromatic heterocycles. The summed E-state index contributed by atoms with van der Waals surface area (Å²) in [4.78, 5) is 16.4. The number of hydrogen-bond donors (Lipinski definition) is 4. The number of benzene rings is 1. The molecule has 0 bridgehead atoms. The van der Waals surface area contributed by atoms with E-state index in [9.17, 15) is 0 Å². The SMILES string of the molecule is CC(C)(Nc1nccc(Nc2cc(C3CC3)[nH]n2)n1)c1ccc2[nH]cnc2c1. The van der Waals surface area contributed by atoms with E-state index in [1.165, 1.54) is 18.5 Å². The van der Waals surface area contributed by atoms with Gasteiger partial charge >= 0.3 is 0 Å². The quantitative estimate of drug-likeness (QED) is 0.406. The molecule has 1 aromatic carbocycles. The molecule has 4 aromatic rings. The highest BCUT2D eigenvalue weighted by atomic mass is 15.2. The molecule has 0 saturated heterocycles. The number of nitrogens with zero attached hydrogens (tertiary/aromatic N) is 4. The molecule has 1 aliphatic carbocycles. The summed E-state index contributed by atoms with van der Waals surface area (Å²) in [6, 6.07) is 10.1. The maximum atomic E-state index is 4.59. The van der Waals surface area contributed by atoms with Gasteiger partial charge in [-0.1, -0.05) is 6.07 Å². The van der Waals surface area contributed by atoms with Gasteiger partial charge in [0.25, 0.3) is 0 Å². The molecule has 0 unspecified atom stereocenters. The van der Waals surface area contributed by atoms with Crippen LogP contribution in [0.4, 0.5) is 17.6 Å². The predicted octanol–water partition coefficient (Wildman–Crippen LogP) is 4.04. The molecule has 8 heteroatoms. The summed E-state index contributed by atoms with van der Waals surface area (Å²) in [5.41, 5.74) is 3.89. The van der Waals surface area contributed by atoms with Gasteiger partial charge in [0.2, 0.25) is 5.95 Å². The summed E-state index contributed by atoms with van der Waals surface area (Å²) in [5, 5.41) is 14.1. The van der Waals surface area contributed by atoms with E-state index in [2.05, 4.69) is 72.8 Å². The smallest absolute Gasteiger partial charge is 0.225 e. The fourth-order valence-electron chi connectivity index (χ4n) is 3.30. The van der Waals surface area contributed by atoms with Crippen molar-refractivity contribution in [3.05, 3.63) is 54.1 Å². The summed E-state index contributed by atoms with van der Waals surface area (Å²) in [7, 11) is 0. The molecule has 1 saturated carbocycles. The monoisotopic (exact) mass is 374 g/mol. The lowest BCUT2D eigenvalue weighted by Crippen LogP contribution is -2.29. The molecule has 142 valence electrons. The van der Waals surface area contributed by atoms with Gasteiger partial charge in [-0.2, -0.15) is 10.1 Å². The topological polar surface area (TPSA) is 107 Å². The molecule has 5 rings (SSSR count). The van der Waals surface area contributed by atoms with Gasteiger partial charge < -0.3 is 15.6 Å². The van der Waals surface area contributed by atoms with Crippen molar-refractivity contribution in [2.24, 2.45) is 0 Å². The first kappa shape index (κ1) is 16.7. The van der Waals surface area contributed by atoms with Crippen LogP contribution in [0.1, 0.15) is 43.9 Å². The Labute approximate surface area is 162 Å². The molecule has 0 aliphatic heterocycles. The first-order valence-corrected chi connectivity index (χ1v) is 9.44. The average Bonchev–Trinajstić information content (AvgIpc) is 3.23. The Bertz CT molecular complexity index is 1120. The zero-order valence-corrected chi connectivity index (χ0v) is 15.8. The van der Waals surface area contributed by atoms with E-state index >= 15 is 0 Å². The van der Waals surface area contributed by atoms with Crippen molar-refractivity contribution in [1.29, 1.82) is 0 Å². The van der Waals surface area contributed by atoms with Crippen molar-refractivity contribution in [2.45, 2.75) is 38.1 Å². The van der Waals surface area contributed by atoms with Crippen LogP contribution in [0.3, 0.4) is 0 Å². The average molecular weight is 374 g/mol. The minimum Gasteiger partial charge on any atom is -0.345 e. The molecule has 0 spiro atoms. The second-order valence-electron chi connectivity index (χ2n) is 7.76. The molecule has 8 nitrogen and oxygen atoms in total. The molecule has 1 aliphatic rings. The van der Waals surface area contributed by atoms with E-state index in [0.717, 1.165) is 22.4 Å². The maximum Gasteiger partial charge on any atom is 0.225 e. The third-order valence-corrected chi connectivity index (χ3v) is 5.09. The van der Waals surface area contributed by atoms with Crippen molar-refractivity contribution in [3.8, 4) is 0 Å². The second kappa shape index (κ2) is 6.33. The van der Waals surface area contributed by atoms with Gasteiger partial charge in [-0.05, 0) is 50.5 Å². The molecule has 4 N–H and O–H groups in total. The number of fused-ring (bicyclic) bond motifs is 1. The zero-order valence-electron chi connectivity index (χ0n) is 15.8. The van der Waals surface area contributed by atoms with Crippen molar-refractivity contribution in [1.82, 2.24) is 30.1 Å². The van der Waals surface area contributed by atoms with Gasteiger partial charge in [-0.3, -0.25) is 5.10 Å². The molecular formula is C20H22N8. The van der Waals surface area contributed by atoms with E-state index in [1.54, 1.807) is 12.5 Å². The Balaban J connectivity index is 1.34. The maximum absolute atomic E-state index is 4.59. The molecule has 0 atom stereocenters. The van der Waals surface area contributed by atoms with E-state index < -0.39 is 0 Å². The highest BCUT2D eigenvalue weighted by molar-refractivity contribution is 5.75. The van der Waals surface area contributed by atoms with Crippen LogP contribution in [-0.2, 0) is 5.54 Å². The Hall–Kier alpha value is -3.42. The molecule has 28 heavy (non-hydrogen) atoms. The van der Waals surface area contributed by atoms with Crippen molar-refractivity contribution < 1.29 is 0 Å². The van der Waals surface area contributed by atoms with Crippen LogP contribution in [0.25, 0.3) is 11.0 Å². The minimum absolute atomic E-state index is 0.364. The number of nitrogens with one attached hydrogen (secondary N) is 4. The standard InChI is InChI=1S/C20H22N8/c1-20(2,13-5-6-14-16(9-13)23-11-22-14)26-19-21-8-7-17(25-19)24-18-10-15(27-28-18)12-3-4-12/h5-12H,3-4H2,1-2H3,(H,22,23)(H3,21,24,25,26,27,28). The van der Waals surface area contributed by atoms with Crippen LogP contribution >= 0.6 is 0 Å². The zero-order chi connectivity index (χ0) is 19.1. The Morgan fingerprint density at radius 2 is 1.96 bits per heavy atom. The van der Waals surface area contributed by atoms with E-state index in [4.69, 9.17) is 0 Å². The fourth-order valence-corrected chi connectivity index (χ4v) is 3.30. The largest absolute Gasteiger partial charge is 0.345 e. The lowest BCUT2D eigenvalue weighted by atomic mass is 9.94. The Kier molecular flexibility index (Phi) is 3.78. The van der Waals surface area contributed by atoms with Gasteiger partial charge in [-0.25, -0.2) is 9.97 Å². The van der Waals surface area contributed by atoms with Crippen molar-refractivity contribution >= 4 is 28.6 Å². The van der Waals surface area contributed by atoms with Crippen LogP contribution in [-0.4, -0.2) is 30.1 Å². The van der Waals surface area contributed by atoms with Gasteiger partial charge in [0.05, 0.1) is 22.9 Å². The van der Waals surface area contributed by atoms with Gasteiger partial charge in [0.15, 0.2) is 5.82 Å². The third-order valence-electron chi connectivity index (χ3n) is 5.09. The van der Waals surface area contributed by atoms with Gasteiger partial charge in [0.1, 0.15) is 5.82 Å². The van der Waals surface area contributed by atoms with E-state index in [-0.39, 0.29) is 5.54 Å². The highest BCUT2D eigenvalue weighted by Crippen LogP contribution is 2.39. The van der Waals surface area contributed by atoms with Crippen LogP contribution < -0.4 is 10.6 Å². The number of imidazole rings is 1. The normalized spacial score (nSPS) is 14.4. The number of aromatic nitrogens is 6. The Morgan fingerprint density at radius 1 is 1.07 bits per heavy atom. The third kappa shape index (κ3) is 3.28. The van der Waals surface area contributed by atoms with Crippen molar-refractivity contribution in [3.63, 3.8) is 0 Å². The molecule has 3 heterocycles. The van der Waals surface area contributed by atoms with Crippen LogP contribution in [0.5, 0.6) is 0 Å². The fraction of sp³-hybridized carbons (Fsp3) is 0.300. The number of anilines is 3. The minimum atomic E-state index is -0.364. The Morgan fingerprint density at radius 3 is 2.82 bits per heavy atom. The summed E-state index contributed by atoms with van der Waals surface area (Å²) >= 11 is 0. The van der Waals surface area contributed by atoms with Crippen LogP contribution in [0.15, 0.2) is 42.9 Å². The molecular weight excluding hydrogens is 352 g/mol. The summed E-state index contributed by atoms with van der Waals surface area (Å²) < 4.78 is 0. The van der Waals surface area contributed by atoms with E-state index in [1.807, 2.05) is 12.1 Å². The predicted molar refractivity (Wildman–Crippen MR) is 109 cm³/mol. The summed E-state index contributed by atoms with van der Waals surface area (Å²) in [6.07, 6.45) is 5.92. The van der Waals surface area contributed by atoms with Gasteiger partial charge in [0, 0.05) is 23.9 Å². The van der Waals surface area contributed by atoms with Crippen LogP contribution in [0, 0.1) is 0 Å². The number of H-pyrrole nitrogens is 2. The first-order chi connectivity index (χ1) is 13.6. The summed E-state index contributed by atoms with van der Waals surface area (Å²) in [5.74, 6) is 2.66. The molecule has 1 fully saturated rings. The number of hydrogen-bond acceptors (Lipinski definition) is 6. The summed E-state index contributed by atoms with van der Waals surface area (Å²) in [6.45, 7) is 4.19. The molecule has 0 radical (unpaired) electrons. The second-order valence-corrected chi connectivity index (χ2v) is 7.76. The van der Waals surface area contributed by atoms with E-state index in [0.29, 0.717) is 17.7 Å². The van der Waals surface area contributed by atoms with Crippen molar-refractivity contribution in [2.75, 3.05) is 10.6 Å². The number of rotatable bonds is 6. The lowest BCUT2D eigenvalue weighted by molar-refractivity contribution is 0.602.